The van der Waals surface area contributed by atoms with Crippen molar-refractivity contribution >= 4 is 33.6 Å². The van der Waals surface area contributed by atoms with Crippen molar-refractivity contribution in [3.8, 4) is 0 Å². The standard InChI is InChI=1S/C11H13BrN2O3/c1-2-14(7-10(15)16)11(17)13-9-5-3-8(12)4-6-9/h3-6H,2,7H2,1H3,(H,13,17)(H,15,16). The summed E-state index contributed by atoms with van der Waals surface area (Å²) in [5, 5.41) is 11.3. The van der Waals surface area contributed by atoms with Crippen LogP contribution in [0.2, 0.25) is 0 Å². The van der Waals surface area contributed by atoms with Crippen LogP contribution in [-0.4, -0.2) is 35.1 Å². The highest BCUT2D eigenvalue weighted by atomic mass is 79.9. The van der Waals surface area contributed by atoms with Crippen molar-refractivity contribution in [2.24, 2.45) is 0 Å². The average Bonchev–Trinajstić information content (AvgIpc) is 2.28. The predicted octanol–water partition coefficient (Wildman–Crippen LogP) is 2.39. The van der Waals surface area contributed by atoms with Gasteiger partial charge < -0.3 is 15.3 Å². The lowest BCUT2D eigenvalue weighted by molar-refractivity contribution is -0.137. The van der Waals surface area contributed by atoms with Crippen LogP contribution < -0.4 is 5.32 Å². The van der Waals surface area contributed by atoms with Gasteiger partial charge in [0.2, 0.25) is 0 Å². The fourth-order valence-electron chi connectivity index (χ4n) is 1.23. The molecule has 1 aromatic carbocycles. The van der Waals surface area contributed by atoms with Crippen LogP contribution in [0.5, 0.6) is 0 Å². The molecule has 0 aliphatic carbocycles. The first-order valence-electron chi connectivity index (χ1n) is 5.06. The third-order valence-electron chi connectivity index (χ3n) is 2.09. The summed E-state index contributed by atoms with van der Waals surface area (Å²) in [5.41, 5.74) is 0.627. The van der Waals surface area contributed by atoms with Gasteiger partial charge in [-0.3, -0.25) is 4.79 Å². The van der Waals surface area contributed by atoms with Crippen molar-refractivity contribution in [2.45, 2.75) is 6.92 Å². The van der Waals surface area contributed by atoms with Gasteiger partial charge in [-0.15, -0.1) is 0 Å². The van der Waals surface area contributed by atoms with Crippen molar-refractivity contribution in [3.05, 3.63) is 28.7 Å². The molecule has 2 N–H and O–H groups in total. The van der Waals surface area contributed by atoms with Gasteiger partial charge in [-0.1, -0.05) is 15.9 Å². The third kappa shape index (κ3) is 4.44. The summed E-state index contributed by atoms with van der Waals surface area (Å²) in [6, 6.07) is 6.64. The van der Waals surface area contributed by atoms with E-state index in [4.69, 9.17) is 5.11 Å². The Balaban J connectivity index is 2.63. The van der Waals surface area contributed by atoms with E-state index in [0.717, 1.165) is 4.47 Å². The minimum absolute atomic E-state index is 0.307. The number of nitrogens with zero attached hydrogens (tertiary/aromatic N) is 1. The number of amides is 2. The van der Waals surface area contributed by atoms with E-state index in [1.54, 1.807) is 31.2 Å². The number of carboxylic acid groups (broad SMARTS) is 1. The van der Waals surface area contributed by atoms with E-state index >= 15 is 0 Å². The second-order valence-corrected chi connectivity index (χ2v) is 4.26. The number of hydrogen-bond donors (Lipinski definition) is 2. The number of aliphatic carboxylic acids is 1. The Morgan fingerprint density at radius 3 is 2.41 bits per heavy atom. The molecule has 0 aliphatic heterocycles. The van der Waals surface area contributed by atoms with Gasteiger partial charge in [0, 0.05) is 16.7 Å². The number of anilines is 1. The quantitative estimate of drug-likeness (QED) is 0.897. The third-order valence-corrected chi connectivity index (χ3v) is 2.62. The van der Waals surface area contributed by atoms with Crippen LogP contribution in [0.1, 0.15) is 6.92 Å². The van der Waals surface area contributed by atoms with Crippen LogP contribution in [0.25, 0.3) is 0 Å². The maximum absolute atomic E-state index is 11.7. The van der Waals surface area contributed by atoms with Gasteiger partial charge in [-0.2, -0.15) is 0 Å². The van der Waals surface area contributed by atoms with E-state index in [-0.39, 0.29) is 6.54 Å². The Morgan fingerprint density at radius 2 is 1.94 bits per heavy atom. The minimum atomic E-state index is -1.03. The normalized spacial score (nSPS) is 9.76. The lowest BCUT2D eigenvalue weighted by Gasteiger charge is -2.19. The monoisotopic (exact) mass is 300 g/mol. The van der Waals surface area contributed by atoms with Gasteiger partial charge >= 0.3 is 12.0 Å². The number of nitrogens with one attached hydrogen (secondary N) is 1. The summed E-state index contributed by atoms with van der Waals surface area (Å²) in [6.07, 6.45) is 0. The predicted molar refractivity (Wildman–Crippen MR) is 68.0 cm³/mol. The van der Waals surface area contributed by atoms with E-state index < -0.39 is 12.0 Å². The molecule has 6 heteroatoms. The topological polar surface area (TPSA) is 69.6 Å². The second-order valence-electron chi connectivity index (χ2n) is 3.34. The van der Waals surface area contributed by atoms with Crippen LogP contribution in [-0.2, 0) is 4.79 Å². The van der Waals surface area contributed by atoms with Crippen molar-refractivity contribution in [3.63, 3.8) is 0 Å². The summed E-state index contributed by atoms with van der Waals surface area (Å²) in [6.45, 7) is 1.76. The number of carboxylic acids is 1. The zero-order valence-electron chi connectivity index (χ0n) is 9.31. The van der Waals surface area contributed by atoms with Gasteiger partial charge in [-0.05, 0) is 31.2 Å². The summed E-state index contributed by atoms with van der Waals surface area (Å²) in [7, 11) is 0. The molecule has 0 heterocycles. The van der Waals surface area contributed by atoms with Crippen molar-refractivity contribution < 1.29 is 14.7 Å². The fraction of sp³-hybridized carbons (Fsp3) is 0.273. The van der Waals surface area contributed by atoms with Gasteiger partial charge in [-0.25, -0.2) is 4.79 Å². The Labute approximate surface area is 108 Å². The van der Waals surface area contributed by atoms with Crippen molar-refractivity contribution in [1.82, 2.24) is 4.90 Å². The molecule has 0 fully saturated rings. The summed E-state index contributed by atoms with van der Waals surface area (Å²) < 4.78 is 0.911. The van der Waals surface area contributed by atoms with E-state index in [9.17, 15) is 9.59 Å². The van der Waals surface area contributed by atoms with Crippen LogP contribution in [0.3, 0.4) is 0 Å². The molecule has 17 heavy (non-hydrogen) atoms. The number of carbonyl (C=O) groups is 2. The number of halogens is 1. The SMILES string of the molecule is CCN(CC(=O)O)C(=O)Nc1ccc(Br)cc1. The van der Waals surface area contributed by atoms with E-state index in [1.165, 1.54) is 4.90 Å². The molecule has 1 rings (SSSR count). The van der Waals surface area contributed by atoms with E-state index in [1.807, 2.05) is 0 Å². The molecule has 2 amide bonds. The Hall–Kier alpha value is -1.56. The zero-order valence-corrected chi connectivity index (χ0v) is 10.9. The highest BCUT2D eigenvalue weighted by Crippen LogP contribution is 2.14. The molecule has 0 bridgehead atoms. The molecule has 0 saturated heterocycles. The van der Waals surface area contributed by atoms with Gasteiger partial charge in [0.05, 0.1) is 0 Å². The molecule has 0 aliphatic rings. The first kappa shape index (κ1) is 13.5. The molecule has 0 unspecified atom stereocenters. The molecule has 0 spiro atoms. The first-order chi connectivity index (χ1) is 8.02. The Kier molecular flexibility index (Phi) is 4.96. The molecule has 0 aromatic heterocycles. The largest absolute Gasteiger partial charge is 0.480 e. The number of likely N-dealkylation sites (N-methyl/N-ethyl adjacent to an activating group) is 1. The molecule has 0 radical (unpaired) electrons. The molecule has 1 aromatic rings. The Bertz CT molecular complexity index is 406. The highest BCUT2D eigenvalue weighted by molar-refractivity contribution is 9.10. The lowest BCUT2D eigenvalue weighted by Crippen LogP contribution is -2.38. The number of benzene rings is 1. The number of carbonyl (C=O) groups excluding carboxylic acids is 1. The maximum Gasteiger partial charge on any atom is 0.323 e. The molecular weight excluding hydrogens is 288 g/mol. The molecule has 0 atom stereocenters. The fourth-order valence-corrected chi connectivity index (χ4v) is 1.49. The van der Waals surface area contributed by atoms with Crippen LogP contribution in [0.4, 0.5) is 10.5 Å². The summed E-state index contributed by atoms with van der Waals surface area (Å²) in [5.74, 6) is -1.03. The van der Waals surface area contributed by atoms with Crippen molar-refractivity contribution in [1.29, 1.82) is 0 Å². The number of rotatable bonds is 4. The molecule has 5 nitrogen and oxygen atoms in total. The number of urea groups is 1. The smallest absolute Gasteiger partial charge is 0.323 e. The van der Waals surface area contributed by atoms with Crippen LogP contribution in [0, 0.1) is 0 Å². The van der Waals surface area contributed by atoms with Gasteiger partial charge in [0.25, 0.3) is 0 Å². The van der Waals surface area contributed by atoms with Crippen LogP contribution in [0.15, 0.2) is 28.7 Å². The van der Waals surface area contributed by atoms with Crippen LogP contribution >= 0.6 is 15.9 Å². The minimum Gasteiger partial charge on any atom is -0.480 e. The van der Waals surface area contributed by atoms with Gasteiger partial charge in [0.1, 0.15) is 6.54 Å². The molecule has 92 valence electrons. The van der Waals surface area contributed by atoms with Crippen molar-refractivity contribution in [2.75, 3.05) is 18.4 Å². The number of hydrogen-bond acceptors (Lipinski definition) is 2. The first-order valence-corrected chi connectivity index (χ1v) is 5.85. The maximum atomic E-state index is 11.7. The van der Waals surface area contributed by atoms with E-state index in [0.29, 0.717) is 12.2 Å². The van der Waals surface area contributed by atoms with Gasteiger partial charge in [0.15, 0.2) is 0 Å². The Morgan fingerprint density at radius 1 is 1.35 bits per heavy atom. The van der Waals surface area contributed by atoms with E-state index in [2.05, 4.69) is 21.2 Å². The summed E-state index contributed by atoms with van der Waals surface area (Å²) >= 11 is 3.29. The summed E-state index contributed by atoms with van der Waals surface area (Å²) in [4.78, 5) is 23.5. The lowest BCUT2D eigenvalue weighted by atomic mass is 10.3. The zero-order chi connectivity index (χ0) is 12.8. The highest BCUT2D eigenvalue weighted by Gasteiger charge is 2.14. The average molecular weight is 301 g/mol. The molecule has 0 saturated carbocycles. The molecular formula is C11H13BrN2O3. The second kappa shape index (κ2) is 6.24.